The van der Waals surface area contributed by atoms with Crippen molar-refractivity contribution in [3.8, 4) is 0 Å². The fraction of sp³-hybridized carbons (Fsp3) is 0.710. The number of nitrogens with zero attached hydrogens (tertiary/aromatic N) is 1. The minimum Gasteiger partial charge on any atom is -0.381 e. The topological polar surface area (TPSA) is 239 Å². The number of aromatic nitrogens is 2. The number of thioether (sulfide) groups is 1. The number of carbonyl (C=O) groups excluding carboxylic acids is 3. The fourth-order valence-corrected chi connectivity index (χ4v) is 6.05. The van der Waals surface area contributed by atoms with Crippen molar-refractivity contribution in [1.29, 1.82) is 0 Å². The molecule has 1 aliphatic rings. The second-order valence-electron chi connectivity index (χ2n) is 11.1. The summed E-state index contributed by atoms with van der Waals surface area (Å²) in [5.41, 5.74) is -1.63. The molecule has 1 aromatic rings. The Bertz CT molecular complexity index is 1360. The number of aliphatic hydroxyl groups excluding tert-OH is 1. The number of phosphoric ester groups is 1. The van der Waals surface area contributed by atoms with Gasteiger partial charge in [-0.2, -0.15) is 11.8 Å². The predicted molar refractivity (Wildman–Crippen MR) is 192 cm³/mol. The smallest absolute Gasteiger partial charge is 0.381 e. The maximum absolute atomic E-state index is 12.3. The summed E-state index contributed by atoms with van der Waals surface area (Å²) in [5, 5.41) is 21.8. The van der Waals surface area contributed by atoms with Gasteiger partial charge in [-0.05, 0) is 43.9 Å². The largest absolute Gasteiger partial charge is 0.471 e. The molecule has 19 heteroatoms. The summed E-state index contributed by atoms with van der Waals surface area (Å²) in [6, 6.07) is 0.0598. The van der Waals surface area contributed by atoms with Gasteiger partial charge < -0.3 is 36.0 Å². The van der Waals surface area contributed by atoms with Crippen LogP contribution in [0.4, 0.5) is 4.79 Å². The Balaban J connectivity index is 0.00000613. The van der Waals surface area contributed by atoms with Gasteiger partial charge in [-0.1, -0.05) is 26.7 Å². The molecule has 0 spiro atoms. The molecule has 4 atom stereocenters. The molecule has 0 saturated carbocycles. The quantitative estimate of drug-likeness (QED) is 0.0432. The number of H-pyrrole nitrogens is 1. The van der Waals surface area contributed by atoms with Crippen molar-refractivity contribution in [2.75, 3.05) is 52.0 Å². The van der Waals surface area contributed by atoms with Gasteiger partial charge in [0.1, 0.15) is 6.23 Å². The predicted octanol–water partition coefficient (Wildman–Crippen LogP) is 2.00. The van der Waals surface area contributed by atoms with E-state index >= 15 is 0 Å². The molecule has 50 heavy (non-hydrogen) atoms. The lowest BCUT2D eigenvalue weighted by atomic mass is 10.1. The Labute approximate surface area is 297 Å². The highest BCUT2D eigenvalue weighted by molar-refractivity contribution is 7.99. The minimum atomic E-state index is -4.17. The molecule has 0 radical (unpaired) electrons. The highest BCUT2D eigenvalue weighted by Crippen LogP contribution is 2.42. The number of unbranched alkanes of at least 4 members (excludes halogenated alkanes) is 4. The zero-order valence-electron chi connectivity index (χ0n) is 29.4. The van der Waals surface area contributed by atoms with Crippen LogP contribution in [0.2, 0.25) is 0 Å². The van der Waals surface area contributed by atoms with Crippen LogP contribution in [0.1, 0.15) is 83.4 Å². The molecule has 4 amide bonds. The third-order valence-electron chi connectivity index (χ3n) is 7.29. The van der Waals surface area contributed by atoms with Crippen molar-refractivity contribution in [3.05, 3.63) is 38.7 Å². The normalized spacial score (nSPS) is 16.4. The van der Waals surface area contributed by atoms with Crippen molar-refractivity contribution in [3.63, 3.8) is 0 Å². The number of hydrogen-bond donors (Lipinski definition) is 7. The second kappa shape index (κ2) is 25.9. The minimum absolute atomic E-state index is 0.0308. The first kappa shape index (κ1) is 45.0. The Hall–Kier alpha value is -2.99. The van der Waals surface area contributed by atoms with E-state index in [1.807, 2.05) is 13.8 Å². The van der Waals surface area contributed by atoms with E-state index in [-0.39, 0.29) is 43.0 Å². The van der Waals surface area contributed by atoms with Crippen LogP contribution < -0.4 is 32.5 Å². The lowest BCUT2D eigenvalue weighted by Gasteiger charge is -2.21. The van der Waals surface area contributed by atoms with Gasteiger partial charge in [0, 0.05) is 64.7 Å². The SMILES string of the molecule is CC.COC(CCOP(=O)(O)OC)CC(O)n1cc(/C=C/C(=O)NCCCCCCNC(=O)CCCCSCC2CNC(=O)N2)c(=O)[nH]c1=O. The number of methoxy groups -OCH3 is 1. The molecule has 1 fully saturated rings. The van der Waals surface area contributed by atoms with Gasteiger partial charge in [-0.3, -0.25) is 33.0 Å². The molecule has 0 bridgehead atoms. The maximum atomic E-state index is 12.3. The van der Waals surface area contributed by atoms with Crippen LogP contribution in [0.3, 0.4) is 0 Å². The number of aliphatic hydroxyl groups is 1. The Morgan fingerprint density at radius 1 is 1.10 bits per heavy atom. The number of phosphoric acid groups is 1. The Morgan fingerprint density at radius 3 is 2.44 bits per heavy atom. The number of ether oxygens (including phenoxy) is 1. The van der Waals surface area contributed by atoms with Crippen LogP contribution in [-0.4, -0.2) is 102 Å². The van der Waals surface area contributed by atoms with E-state index < -0.39 is 37.3 Å². The van der Waals surface area contributed by atoms with Crippen LogP contribution in [0.5, 0.6) is 0 Å². The fourth-order valence-electron chi connectivity index (χ4n) is 4.55. The molecule has 7 N–H and O–H groups in total. The molecule has 0 aromatic carbocycles. The molecule has 0 aliphatic carbocycles. The summed E-state index contributed by atoms with van der Waals surface area (Å²) in [6.07, 6.45) is 7.02. The molecular formula is C31H55N6O11PS. The number of rotatable bonds is 25. The standard InChI is InChI=1S/C29H49N6O11PS.C2H6/c1-44-23(12-15-46-47(42,43)45-2)17-26(38)35-19-21(27(39)34-29(35)41)10-11-25(37)31-14-7-4-3-6-13-30-24(36)9-5-8-16-48-20-22-18-32-28(40)33-22;1-2/h10-11,19,22-23,26,38H,3-9,12-18,20H2,1-2H3,(H,30,36)(H,31,37)(H,42,43)(H2,32,33,40)(H,34,39,41);1-2H3/b11-10+;. The van der Waals surface area contributed by atoms with Gasteiger partial charge >= 0.3 is 19.5 Å². The van der Waals surface area contributed by atoms with Gasteiger partial charge in [0.15, 0.2) is 0 Å². The van der Waals surface area contributed by atoms with Crippen molar-refractivity contribution in [2.24, 2.45) is 0 Å². The van der Waals surface area contributed by atoms with Crippen LogP contribution in [0.25, 0.3) is 6.08 Å². The van der Waals surface area contributed by atoms with Gasteiger partial charge in [0.2, 0.25) is 11.8 Å². The van der Waals surface area contributed by atoms with Crippen molar-refractivity contribution >= 4 is 43.5 Å². The van der Waals surface area contributed by atoms with Crippen LogP contribution >= 0.6 is 19.6 Å². The summed E-state index contributed by atoms with van der Waals surface area (Å²) in [4.78, 5) is 71.3. The van der Waals surface area contributed by atoms with Gasteiger partial charge in [0.25, 0.3) is 5.56 Å². The van der Waals surface area contributed by atoms with E-state index in [1.54, 1.807) is 11.8 Å². The highest BCUT2D eigenvalue weighted by Gasteiger charge is 2.22. The van der Waals surface area contributed by atoms with Crippen LogP contribution in [0.15, 0.2) is 21.9 Å². The molecule has 1 saturated heterocycles. The number of aromatic amines is 1. The third kappa shape index (κ3) is 19.4. The number of hydrogen-bond acceptors (Lipinski definition) is 11. The maximum Gasteiger partial charge on any atom is 0.471 e. The van der Waals surface area contributed by atoms with Crippen LogP contribution in [0, 0.1) is 0 Å². The van der Waals surface area contributed by atoms with Crippen LogP contribution in [-0.2, 0) is 27.9 Å². The number of amides is 4. The van der Waals surface area contributed by atoms with E-state index in [9.17, 15) is 38.5 Å². The summed E-state index contributed by atoms with van der Waals surface area (Å²) >= 11 is 1.78. The summed E-state index contributed by atoms with van der Waals surface area (Å²) in [7, 11) is -1.78. The number of carbonyl (C=O) groups is 3. The molecule has 17 nitrogen and oxygen atoms in total. The molecule has 1 aromatic heterocycles. The van der Waals surface area contributed by atoms with E-state index in [2.05, 4.69) is 30.8 Å². The van der Waals surface area contributed by atoms with E-state index in [4.69, 9.17) is 9.26 Å². The monoisotopic (exact) mass is 750 g/mol. The third-order valence-corrected chi connectivity index (χ3v) is 9.48. The molecule has 2 heterocycles. The first-order valence-corrected chi connectivity index (χ1v) is 19.5. The zero-order chi connectivity index (χ0) is 37.4. The molecule has 1 aliphatic heterocycles. The first-order chi connectivity index (χ1) is 23.9. The van der Waals surface area contributed by atoms with Crippen molar-refractivity contribution in [2.45, 2.75) is 90.0 Å². The lowest BCUT2D eigenvalue weighted by Crippen LogP contribution is -2.35. The Kier molecular flexibility index (Phi) is 23.3. The molecular weight excluding hydrogens is 695 g/mol. The van der Waals surface area contributed by atoms with Gasteiger partial charge in [-0.15, -0.1) is 0 Å². The average molecular weight is 751 g/mol. The number of urea groups is 1. The van der Waals surface area contributed by atoms with E-state index in [0.717, 1.165) is 74.0 Å². The summed E-state index contributed by atoms with van der Waals surface area (Å²) < 4.78 is 26.6. The molecule has 286 valence electrons. The van der Waals surface area contributed by atoms with Gasteiger partial charge in [-0.25, -0.2) is 14.2 Å². The molecule has 4 unspecified atom stereocenters. The van der Waals surface area contributed by atoms with Crippen molar-refractivity contribution < 1.29 is 42.7 Å². The van der Waals surface area contributed by atoms with E-state index in [1.165, 1.54) is 13.2 Å². The Morgan fingerprint density at radius 2 is 1.80 bits per heavy atom. The average Bonchev–Trinajstić information content (AvgIpc) is 3.51. The number of nitrogens with one attached hydrogen (secondary N) is 5. The summed E-state index contributed by atoms with van der Waals surface area (Å²) in [5.74, 6) is 1.42. The van der Waals surface area contributed by atoms with Crippen molar-refractivity contribution in [1.82, 2.24) is 30.8 Å². The lowest BCUT2D eigenvalue weighted by molar-refractivity contribution is -0.121. The molecule has 2 rings (SSSR count). The second-order valence-corrected chi connectivity index (χ2v) is 13.8. The summed E-state index contributed by atoms with van der Waals surface area (Å²) in [6.45, 7) is 5.47. The first-order valence-electron chi connectivity index (χ1n) is 16.9. The van der Waals surface area contributed by atoms with Gasteiger partial charge in [0.05, 0.1) is 24.3 Å². The van der Waals surface area contributed by atoms with E-state index in [0.29, 0.717) is 26.1 Å². The highest BCUT2D eigenvalue weighted by atomic mass is 32.2. The zero-order valence-corrected chi connectivity index (χ0v) is 31.2.